The largest absolute Gasteiger partial charge is 0.461 e. The maximum Gasteiger partial charge on any atom is 0.325 e. The van der Waals surface area contributed by atoms with Crippen LogP contribution in [0.5, 0.6) is 0 Å². The number of urea groups is 1. The van der Waals surface area contributed by atoms with Crippen LogP contribution in [0.4, 0.5) is 4.79 Å². The number of imide groups is 1. The number of nitrogens with one attached hydrogen (secondary N) is 1. The molecule has 8 nitrogen and oxygen atoms in total. The quantitative estimate of drug-likeness (QED) is 0.675. The Morgan fingerprint density at radius 1 is 1.22 bits per heavy atom. The Balaban J connectivity index is 1.60. The summed E-state index contributed by atoms with van der Waals surface area (Å²) in [7, 11) is 0. The number of halogens is 1. The highest BCUT2D eigenvalue weighted by molar-refractivity contribution is 6.30. The fraction of sp³-hybridized carbons (Fsp3) is 0.222. The SMILES string of the molecule is CC[C@@]1(c2ccc(Cl)cc2)NC(=O)N(Cc2nc(-c3ccco3)no2)C1=O. The van der Waals surface area contributed by atoms with Crippen LogP contribution in [-0.4, -0.2) is 27.0 Å². The molecule has 3 aromatic rings. The predicted octanol–water partition coefficient (Wildman–Crippen LogP) is 3.34. The summed E-state index contributed by atoms with van der Waals surface area (Å²) in [6.07, 6.45) is 1.88. The van der Waals surface area contributed by atoms with Crippen LogP contribution < -0.4 is 5.32 Å². The van der Waals surface area contributed by atoms with E-state index in [4.69, 9.17) is 20.5 Å². The van der Waals surface area contributed by atoms with Crippen molar-refractivity contribution in [3.63, 3.8) is 0 Å². The molecule has 3 heterocycles. The van der Waals surface area contributed by atoms with Crippen LogP contribution in [0, 0.1) is 0 Å². The van der Waals surface area contributed by atoms with Crippen molar-refractivity contribution < 1.29 is 18.5 Å². The molecule has 2 aromatic heterocycles. The molecule has 3 amide bonds. The van der Waals surface area contributed by atoms with Gasteiger partial charge in [-0.1, -0.05) is 35.8 Å². The van der Waals surface area contributed by atoms with Crippen molar-refractivity contribution in [2.75, 3.05) is 0 Å². The zero-order valence-electron chi connectivity index (χ0n) is 14.3. The molecule has 0 unspecified atom stereocenters. The summed E-state index contributed by atoms with van der Waals surface area (Å²) >= 11 is 5.93. The van der Waals surface area contributed by atoms with Crippen LogP contribution in [-0.2, 0) is 16.9 Å². The van der Waals surface area contributed by atoms with Gasteiger partial charge in [0.1, 0.15) is 12.1 Å². The Bertz CT molecular complexity index is 983. The lowest BCUT2D eigenvalue weighted by molar-refractivity contribution is -0.132. The van der Waals surface area contributed by atoms with E-state index in [-0.39, 0.29) is 24.2 Å². The fourth-order valence-electron chi connectivity index (χ4n) is 3.10. The number of amides is 3. The summed E-state index contributed by atoms with van der Waals surface area (Å²) in [6.45, 7) is 1.70. The van der Waals surface area contributed by atoms with Gasteiger partial charge in [-0.25, -0.2) is 4.79 Å². The number of benzene rings is 1. The van der Waals surface area contributed by atoms with Gasteiger partial charge in [0.05, 0.1) is 6.26 Å². The Labute approximate surface area is 159 Å². The monoisotopic (exact) mass is 386 g/mol. The maximum atomic E-state index is 13.1. The molecule has 27 heavy (non-hydrogen) atoms. The van der Waals surface area contributed by atoms with Crippen molar-refractivity contribution in [1.29, 1.82) is 0 Å². The minimum Gasteiger partial charge on any atom is -0.461 e. The van der Waals surface area contributed by atoms with Crippen LogP contribution >= 0.6 is 11.6 Å². The second-order valence-electron chi connectivity index (χ2n) is 6.08. The standard InChI is InChI=1S/C18H15ClN4O4/c1-2-18(11-5-7-12(19)8-6-11)16(24)23(17(25)21-18)10-14-20-15(22-27-14)13-4-3-9-26-13/h3-9H,2,10H2,1H3,(H,21,25)/t18-/m0/s1. The molecule has 9 heteroatoms. The third kappa shape index (κ3) is 2.87. The molecule has 0 saturated carbocycles. The van der Waals surface area contributed by atoms with Crippen LogP contribution in [0.3, 0.4) is 0 Å². The van der Waals surface area contributed by atoms with Crippen molar-refractivity contribution in [3.8, 4) is 11.6 Å². The summed E-state index contributed by atoms with van der Waals surface area (Å²) in [4.78, 5) is 30.8. The molecule has 1 aromatic carbocycles. The lowest BCUT2D eigenvalue weighted by atomic mass is 9.87. The van der Waals surface area contributed by atoms with E-state index < -0.39 is 11.6 Å². The zero-order chi connectivity index (χ0) is 19.0. The lowest BCUT2D eigenvalue weighted by Crippen LogP contribution is -2.43. The van der Waals surface area contributed by atoms with Crippen molar-refractivity contribution >= 4 is 23.5 Å². The average Bonchev–Trinajstić information content (AvgIpc) is 3.39. The van der Waals surface area contributed by atoms with Gasteiger partial charge in [0, 0.05) is 5.02 Å². The van der Waals surface area contributed by atoms with E-state index in [9.17, 15) is 9.59 Å². The molecule has 0 radical (unpaired) electrons. The molecule has 0 spiro atoms. The van der Waals surface area contributed by atoms with Gasteiger partial charge in [0.25, 0.3) is 5.91 Å². The lowest BCUT2D eigenvalue weighted by Gasteiger charge is -2.25. The third-order valence-electron chi connectivity index (χ3n) is 4.55. The van der Waals surface area contributed by atoms with E-state index in [2.05, 4.69) is 15.5 Å². The van der Waals surface area contributed by atoms with Crippen molar-refractivity contribution in [2.45, 2.75) is 25.4 Å². The van der Waals surface area contributed by atoms with Crippen molar-refractivity contribution in [1.82, 2.24) is 20.4 Å². The topological polar surface area (TPSA) is 101 Å². The van der Waals surface area contributed by atoms with Gasteiger partial charge in [0.15, 0.2) is 5.76 Å². The number of aromatic nitrogens is 2. The van der Waals surface area contributed by atoms with E-state index in [1.165, 1.54) is 6.26 Å². The number of hydrogen-bond donors (Lipinski definition) is 1. The van der Waals surface area contributed by atoms with Crippen molar-refractivity contribution in [3.05, 3.63) is 59.1 Å². The maximum absolute atomic E-state index is 13.1. The first-order valence-corrected chi connectivity index (χ1v) is 8.68. The Morgan fingerprint density at radius 2 is 2.00 bits per heavy atom. The minimum atomic E-state index is -1.15. The van der Waals surface area contributed by atoms with E-state index in [1.807, 2.05) is 6.92 Å². The molecule has 1 aliphatic heterocycles. The number of carbonyl (C=O) groups is 2. The molecule has 1 saturated heterocycles. The molecule has 1 fully saturated rings. The highest BCUT2D eigenvalue weighted by Gasteiger charge is 2.51. The number of carbonyl (C=O) groups excluding carboxylic acids is 2. The summed E-state index contributed by atoms with van der Waals surface area (Å²) in [5.74, 6) is 0.441. The van der Waals surface area contributed by atoms with Crippen LogP contribution in [0.1, 0.15) is 24.8 Å². The van der Waals surface area contributed by atoms with Gasteiger partial charge >= 0.3 is 6.03 Å². The highest BCUT2D eigenvalue weighted by Crippen LogP contribution is 2.33. The van der Waals surface area contributed by atoms with Crippen molar-refractivity contribution in [2.24, 2.45) is 0 Å². The first kappa shape index (κ1) is 17.3. The molecule has 1 atom stereocenters. The molecule has 0 aliphatic carbocycles. The van der Waals surface area contributed by atoms with E-state index >= 15 is 0 Å². The normalized spacial score (nSPS) is 19.6. The summed E-state index contributed by atoms with van der Waals surface area (Å²) in [6, 6.07) is 9.70. The number of hydrogen-bond acceptors (Lipinski definition) is 6. The van der Waals surface area contributed by atoms with Gasteiger partial charge in [0.2, 0.25) is 11.7 Å². The van der Waals surface area contributed by atoms with Gasteiger partial charge in [-0.3, -0.25) is 9.69 Å². The van der Waals surface area contributed by atoms with E-state index in [1.54, 1.807) is 36.4 Å². The summed E-state index contributed by atoms with van der Waals surface area (Å²) < 4.78 is 10.4. The Morgan fingerprint density at radius 3 is 2.67 bits per heavy atom. The zero-order valence-corrected chi connectivity index (χ0v) is 15.1. The molecule has 0 bridgehead atoms. The van der Waals surface area contributed by atoms with Crippen LogP contribution in [0.2, 0.25) is 5.02 Å². The van der Waals surface area contributed by atoms with Gasteiger partial charge in [-0.05, 0) is 36.2 Å². The molecular weight excluding hydrogens is 372 g/mol. The third-order valence-corrected chi connectivity index (χ3v) is 4.80. The average molecular weight is 387 g/mol. The smallest absolute Gasteiger partial charge is 0.325 e. The Hall–Kier alpha value is -3.13. The first-order chi connectivity index (χ1) is 13.0. The minimum absolute atomic E-state index is 0.131. The molecule has 4 rings (SSSR count). The van der Waals surface area contributed by atoms with E-state index in [0.29, 0.717) is 22.8 Å². The molecule has 1 N–H and O–H groups in total. The van der Waals surface area contributed by atoms with E-state index in [0.717, 1.165) is 4.90 Å². The first-order valence-electron chi connectivity index (χ1n) is 8.30. The number of nitrogens with zero attached hydrogens (tertiary/aromatic N) is 3. The van der Waals surface area contributed by atoms with Gasteiger partial charge in [-0.2, -0.15) is 4.98 Å². The predicted molar refractivity (Wildman–Crippen MR) is 94.5 cm³/mol. The Kier molecular flexibility index (Phi) is 4.19. The van der Waals surface area contributed by atoms with Crippen LogP contribution in [0.15, 0.2) is 51.6 Å². The second-order valence-corrected chi connectivity index (χ2v) is 6.51. The molecular formula is C18H15ClN4O4. The second kappa shape index (κ2) is 6.55. The summed E-state index contributed by atoms with van der Waals surface area (Å²) in [5.41, 5.74) is -0.483. The van der Waals surface area contributed by atoms with Gasteiger partial charge < -0.3 is 14.3 Å². The molecule has 138 valence electrons. The highest BCUT2D eigenvalue weighted by atomic mass is 35.5. The van der Waals surface area contributed by atoms with Gasteiger partial charge in [-0.15, -0.1) is 0 Å². The number of furan rings is 1. The number of rotatable bonds is 5. The molecule has 1 aliphatic rings. The summed E-state index contributed by atoms with van der Waals surface area (Å²) in [5, 5.41) is 7.16. The van der Waals surface area contributed by atoms with Crippen LogP contribution in [0.25, 0.3) is 11.6 Å². The fourth-order valence-corrected chi connectivity index (χ4v) is 3.23.